The molecule has 1 heterocycles. The molecule has 2 rings (SSSR count). The summed E-state index contributed by atoms with van der Waals surface area (Å²) >= 11 is 3.10. The Kier molecular flexibility index (Phi) is 3.30. The third kappa shape index (κ3) is 1.99. The second kappa shape index (κ2) is 4.55. The smallest absolute Gasteiger partial charge is 0.328 e. The van der Waals surface area contributed by atoms with Gasteiger partial charge in [-0.05, 0) is 28.8 Å². The quantitative estimate of drug-likeness (QED) is 0.838. The van der Waals surface area contributed by atoms with Crippen molar-refractivity contribution in [1.82, 2.24) is 9.55 Å². The normalized spacial score (nSPS) is 24.9. The van der Waals surface area contributed by atoms with Crippen molar-refractivity contribution in [3.63, 3.8) is 0 Å². The Morgan fingerprint density at radius 3 is 2.94 bits per heavy atom. The van der Waals surface area contributed by atoms with Crippen molar-refractivity contribution in [2.24, 2.45) is 5.92 Å². The first-order valence-corrected chi connectivity index (χ1v) is 6.04. The molecule has 0 aliphatic heterocycles. The summed E-state index contributed by atoms with van der Waals surface area (Å²) in [6.45, 7) is 0.0772. The van der Waals surface area contributed by atoms with Crippen LogP contribution in [0.2, 0.25) is 0 Å². The van der Waals surface area contributed by atoms with E-state index in [2.05, 4.69) is 20.9 Å². The molecular weight excluding hydrogens is 276 g/mol. The number of aromatic nitrogens is 2. The molecule has 0 unspecified atom stereocenters. The monoisotopic (exact) mass is 288 g/mol. The lowest BCUT2D eigenvalue weighted by Crippen LogP contribution is -2.34. The first-order chi connectivity index (χ1) is 7.63. The number of rotatable bonds is 2. The van der Waals surface area contributed by atoms with E-state index in [0.717, 1.165) is 19.3 Å². The van der Waals surface area contributed by atoms with Gasteiger partial charge in [-0.3, -0.25) is 14.3 Å². The van der Waals surface area contributed by atoms with Gasteiger partial charge in [0, 0.05) is 24.8 Å². The van der Waals surface area contributed by atoms with Crippen LogP contribution < -0.4 is 11.2 Å². The van der Waals surface area contributed by atoms with E-state index in [4.69, 9.17) is 0 Å². The fourth-order valence-electron chi connectivity index (χ4n) is 2.30. The molecule has 1 saturated carbocycles. The Morgan fingerprint density at radius 2 is 2.25 bits per heavy atom. The molecule has 2 atom stereocenters. The lowest BCUT2D eigenvalue weighted by atomic mass is 10.1. The van der Waals surface area contributed by atoms with Crippen molar-refractivity contribution in [2.45, 2.75) is 25.3 Å². The van der Waals surface area contributed by atoms with Crippen molar-refractivity contribution in [3.8, 4) is 0 Å². The zero-order chi connectivity index (χ0) is 11.7. The Labute approximate surface area is 100 Å². The molecule has 1 aromatic rings. The molecule has 1 aliphatic rings. The number of nitrogens with zero attached hydrogens (tertiary/aromatic N) is 1. The highest BCUT2D eigenvalue weighted by atomic mass is 79.9. The predicted octanol–water partition coefficient (Wildman–Crippen LogP) is 0.633. The van der Waals surface area contributed by atoms with Gasteiger partial charge in [0.1, 0.15) is 0 Å². The summed E-state index contributed by atoms with van der Waals surface area (Å²) in [5, 5.41) is 9.21. The highest BCUT2D eigenvalue weighted by molar-refractivity contribution is 9.10. The van der Waals surface area contributed by atoms with E-state index >= 15 is 0 Å². The number of hydrogen-bond donors (Lipinski definition) is 2. The Hall–Kier alpha value is -0.880. The van der Waals surface area contributed by atoms with E-state index in [9.17, 15) is 14.7 Å². The van der Waals surface area contributed by atoms with Gasteiger partial charge in [-0.15, -0.1) is 0 Å². The lowest BCUT2D eigenvalue weighted by Gasteiger charge is -2.19. The molecule has 16 heavy (non-hydrogen) atoms. The molecule has 0 radical (unpaired) electrons. The topological polar surface area (TPSA) is 75.1 Å². The van der Waals surface area contributed by atoms with Gasteiger partial charge in [-0.25, -0.2) is 4.79 Å². The zero-order valence-corrected chi connectivity index (χ0v) is 10.2. The number of H-pyrrole nitrogens is 1. The maximum atomic E-state index is 11.6. The minimum atomic E-state index is -0.417. The molecule has 5 nitrogen and oxygen atoms in total. The highest BCUT2D eigenvalue weighted by Crippen LogP contribution is 2.34. The van der Waals surface area contributed by atoms with Gasteiger partial charge in [-0.2, -0.15) is 0 Å². The molecule has 1 aromatic heterocycles. The number of aliphatic hydroxyl groups is 1. The van der Waals surface area contributed by atoms with E-state index in [0.29, 0.717) is 4.47 Å². The lowest BCUT2D eigenvalue weighted by molar-refractivity contribution is 0.193. The SMILES string of the molecule is O=c1[nH]c(=O)n([C@@H]2CCC[C@@H]2CO)cc1Br. The van der Waals surface area contributed by atoms with Crippen LogP contribution in [0.5, 0.6) is 0 Å². The molecule has 88 valence electrons. The fraction of sp³-hybridized carbons (Fsp3) is 0.600. The Balaban J connectivity index is 2.44. The number of halogens is 1. The Morgan fingerprint density at radius 1 is 1.50 bits per heavy atom. The van der Waals surface area contributed by atoms with Gasteiger partial charge in [0.05, 0.1) is 4.47 Å². The standard InChI is InChI=1S/C10H13BrN2O3/c11-7-4-13(10(16)12-9(7)15)8-3-1-2-6(8)5-14/h4,6,8,14H,1-3,5H2,(H,12,15,16)/t6-,8-/m1/s1. The minimum absolute atomic E-state index is 0.00866. The molecule has 1 fully saturated rings. The van der Waals surface area contributed by atoms with Crippen molar-refractivity contribution in [2.75, 3.05) is 6.61 Å². The van der Waals surface area contributed by atoms with Crippen molar-refractivity contribution >= 4 is 15.9 Å². The Bertz CT molecular complexity index is 494. The zero-order valence-electron chi connectivity index (χ0n) is 8.65. The van der Waals surface area contributed by atoms with Gasteiger partial charge in [-0.1, -0.05) is 6.42 Å². The van der Waals surface area contributed by atoms with Gasteiger partial charge >= 0.3 is 5.69 Å². The van der Waals surface area contributed by atoms with E-state index in [1.165, 1.54) is 10.8 Å². The molecular formula is C10H13BrN2O3. The van der Waals surface area contributed by atoms with E-state index in [1.807, 2.05) is 0 Å². The predicted molar refractivity (Wildman–Crippen MR) is 62.5 cm³/mol. The maximum Gasteiger partial charge on any atom is 0.328 e. The van der Waals surface area contributed by atoms with Crippen LogP contribution >= 0.6 is 15.9 Å². The summed E-state index contributed by atoms with van der Waals surface area (Å²) in [6, 6.07) is -0.00866. The van der Waals surface area contributed by atoms with Crippen molar-refractivity contribution in [3.05, 3.63) is 31.5 Å². The van der Waals surface area contributed by atoms with E-state index in [1.54, 1.807) is 0 Å². The third-order valence-corrected chi connectivity index (χ3v) is 3.70. The van der Waals surface area contributed by atoms with Crippen LogP contribution in [0.4, 0.5) is 0 Å². The summed E-state index contributed by atoms with van der Waals surface area (Å²) in [6.07, 6.45) is 4.30. The van der Waals surface area contributed by atoms with Crippen molar-refractivity contribution < 1.29 is 5.11 Å². The molecule has 2 N–H and O–H groups in total. The van der Waals surface area contributed by atoms with E-state index in [-0.39, 0.29) is 18.6 Å². The van der Waals surface area contributed by atoms with Crippen LogP contribution in [0.3, 0.4) is 0 Å². The highest BCUT2D eigenvalue weighted by Gasteiger charge is 2.29. The van der Waals surface area contributed by atoms with E-state index < -0.39 is 11.2 Å². The van der Waals surface area contributed by atoms with Gasteiger partial charge in [0.2, 0.25) is 0 Å². The number of nitrogens with one attached hydrogen (secondary N) is 1. The number of aromatic amines is 1. The summed E-state index contributed by atoms with van der Waals surface area (Å²) in [5.74, 6) is 0.107. The van der Waals surface area contributed by atoms with Crippen LogP contribution in [0.15, 0.2) is 20.3 Å². The fourth-order valence-corrected chi connectivity index (χ4v) is 2.62. The van der Waals surface area contributed by atoms with Crippen molar-refractivity contribution in [1.29, 1.82) is 0 Å². The number of aliphatic hydroxyl groups excluding tert-OH is 1. The first-order valence-electron chi connectivity index (χ1n) is 5.25. The molecule has 0 amide bonds. The summed E-state index contributed by atoms with van der Waals surface area (Å²) in [4.78, 5) is 25.1. The van der Waals surface area contributed by atoms with Crippen LogP contribution in [-0.4, -0.2) is 21.3 Å². The van der Waals surface area contributed by atoms with Crippen LogP contribution in [0.1, 0.15) is 25.3 Å². The second-order valence-electron chi connectivity index (χ2n) is 4.08. The summed E-state index contributed by atoms with van der Waals surface area (Å²) in [5.41, 5.74) is -0.821. The number of hydrogen-bond acceptors (Lipinski definition) is 3. The molecule has 0 aromatic carbocycles. The van der Waals surface area contributed by atoms with Crippen LogP contribution in [0.25, 0.3) is 0 Å². The summed E-state index contributed by atoms with van der Waals surface area (Å²) in [7, 11) is 0. The third-order valence-electron chi connectivity index (χ3n) is 3.14. The first kappa shape index (κ1) is 11.6. The minimum Gasteiger partial charge on any atom is -0.396 e. The largest absolute Gasteiger partial charge is 0.396 e. The molecule has 0 saturated heterocycles. The molecule has 6 heteroatoms. The molecule has 1 aliphatic carbocycles. The maximum absolute atomic E-state index is 11.6. The van der Waals surface area contributed by atoms with Gasteiger partial charge in [0.25, 0.3) is 5.56 Å². The average molecular weight is 289 g/mol. The van der Waals surface area contributed by atoms with Gasteiger partial charge < -0.3 is 5.11 Å². The van der Waals surface area contributed by atoms with Gasteiger partial charge in [0.15, 0.2) is 0 Å². The average Bonchev–Trinajstić information content (AvgIpc) is 2.71. The second-order valence-corrected chi connectivity index (χ2v) is 4.94. The van der Waals surface area contributed by atoms with Crippen LogP contribution in [-0.2, 0) is 0 Å². The molecule has 0 spiro atoms. The van der Waals surface area contributed by atoms with Crippen LogP contribution in [0, 0.1) is 5.92 Å². The molecule has 0 bridgehead atoms. The summed E-state index contributed by atoms with van der Waals surface area (Å²) < 4.78 is 1.86.